The molecule has 0 atom stereocenters. The summed E-state index contributed by atoms with van der Waals surface area (Å²) in [6.45, 7) is 0. The topological polar surface area (TPSA) is 110 Å². The van der Waals surface area contributed by atoms with Crippen LogP contribution in [0.25, 0.3) is 0 Å². The van der Waals surface area contributed by atoms with E-state index in [9.17, 15) is 4.79 Å². The maximum absolute atomic E-state index is 12.0. The Morgan fingerprint density at radius 2 is 2.30 bits per heavy atom. The average molecular weight is 349 g/mol. The molecule has 1 aliphatic rings. The summed E-state index contributed by atoms with van der Waals surface area (Å²) in [5.41, 5.74) is 6.70. The molecule has 3 N–H and O–H groups in total. The van der Waals surface area contributed by atoms with Crippen LogP contribution in [0.3, 0.4) is 0 Å². The van der Waals surface area contributed by atoms with Crippen LogP contribution in [0.2, 0.25) is 5.02 Å². The molecule has 0 saturated heterocycles. The molecule has 9 heteroatoms. The van der Waals surface area contributed by atoms with E-state index in [1.165, 1.54) is 11.8 Å². The molecule has 1 aliphatic carbocycles. The number of amides is 1. The molecule has 0 unspecified atom stereocenters. The number of nitrogens with zero attached hydrogens (tertiary/aromatic N) is 4. The normalized spacial score (nSPS) is 13.6. The minimum atomic E-state index is -0.195. The Morgan fingerprint density at radius 3 is 2.96 bits per heavy atom. The van der Waals surface area contributed by atoms with Crippen LogP contribution in [-0.4, -0.2) is 26.4 Å². The van der Waals surface area contributed by atoms with E-state index < -0.39 is 0 Å². The molecule has 0 spiro atoms. The minimum Gasteiger partial charge on any atom is -0.368 e. The molecule has 1 heterocycles. The Balaban J connectivity index is 1.60. The van der Waals surface area contributed by atoms with Crippen molar-refractivity contribution >= 4 is 40.9 Å². The zero-order valence-electron chi connectivity index (χ0n) is 12.0. The lowest BCUT2D eigenvalue weighted by Crippen LogP contribution is -2.14. The van der Waals surface area contributed by atoms with Crippen molar-refractivity contribution in [1.82, 2.24) is 14.8 Å². The number of nitrogen functional groups attached to an aromatic ring is 1. The summed E-state index contributed by atoms with van der Waals surface area (Å²) in [6, 6.07) is 7.07. The lowest BCUT2D eigenvalue weighted by Gasteiger charge is -2.07. The fraction of sp³-hybridized carbons (Fsp3) is 0.286. The van der Waals surface area contributed by atoms with Gasteiger partial charge in [0.05, 0.1) is 16.3 Å². The second-order valence-electron chi connectivity index (χ2n) is 5.09. The van der Waals surface area contributed by atoms with E-state index in [2.05, 4.69) is 15.5 Å². The molecule has 3 rings (SSSR count). The quantitative estimate of drug-likeness (QED) is 0.803. The van der Waals surface area contributed by atoms with E-state index in [0.29, 0.717) is 33.4 Å². The highest BCUT2D eigenvalue weighted by Gasteiger charge is 2.29. The SMILES string of the molecule is N#Cc1ccc(NC(=O)CSc2nnc(N)n2C2CC2)cc1Cl. The van der Waals surface area contributed by atoms with Gasteiger partial charge >= 0.3 is 0 Å². The van der Waals surface area contributed by atoms with E-state index in [1.54, 1.807) is 18.2 Å². The summed E-state index contributed by atoms with van der Waals surface area (Å²) in [4.78, 5) is 12.0. The summed E-state index contributed by atoms with van der Waals surface area (Å²) in [6.07, 6.45) is 2.12. The van der Waals surface area contributed by atoms with Gasteiger partial charge in [0.25, 0.3) is 0 Å². The molecule has 1 saturated carbocycles. The number of thioether (sulfide) groups is 1. The molecule has 1 aromatic heterocycles. The van der Waals surface area contributed by atoms with Crippen LogP contribution in [0.15, 0.2) is 23.4 Å². The average Bonchev–Trinajstić information content (AvgIpc) is 3.29. The molecule has 0 bridgehead atoms. The zero-order valence-corrected chi connectivity index (χ0v) is 13.6. The van der Waals surface area contributed by atoms with Crippen LogP contribution >= 0.6 is 23.4 Å². The van der Waals surface area contributed by atoms with Gasteiger partial charge in [0, 0.05) is 11.7 Å². The van der Waals surface area contributed by atoms with Gasteiger partial charge < -0.3 is 11.1 Å². The molecule has 7 nitrogen and oxygen atoms in total. The molecular formula is C14H13ClN6OS. The standard InChI is InChI=1S/C14H13ClN6OS/c15-11-5-9(2-1-8(11)6-16)18-12(22)7-23-14-20-19-13(17)21(14)10-3-4-10/h1-2,5,10H,3-4,7H2,(H2,17,19)(H,18,22). The first-order valence-corrected chi connectivity index (χ1v) is 8.27. The third kappa shape index (κ3) is 3.57. The van der Waals surface area contributed by atoms with Crippen molar-refractivity contribution in [3.05, 3.63) is 28.8 Å². The van der Waals surface area contributed by atoms with Gasteiger partial charge in [-0.05, 0) is 31.0 Å². The van der Waals surface area contributed by atoms with Gasteiger partial charge in [0.1, 0.15) is 6.07 Å². The molecule has 1 aromatic carbocycles. The first kappa shape index (κ1) is 15.6. The van der Waals surface area contributed by atoms with Crippen LogP contribution in [0.5, 0.6) is 0 Å². The Kier molecular flexibility index (Phi) is 4.41. The second kappa shape index (κ2) is 6.48. The number of halogens is 1. The Hall–Kier alpha value is -2.24. The number of carbonyl (C=O) groups excluding carboxylic acids is 1. The van der Waals surface area contributed by atoms with E-state index in [1.807, 2.05) is 10.6 Å². The van der Waals surface area contributed by atoms with Crippen molar-refractivity contribution in [1.29, 1.82) is 5.26 Å². The van der Waals surface area contributed by atoms with Gasteiger partial charge in [-0.1, -0.05) is 23.4 Å². The lowest BCUT2D eigenvalue weighted by molar-refractivity contribution is -0.113. The van der Waals surface area contributed by atoms with E-state index in [0.717, 1.165) is 12.8 Å². The van der Waals surface area contributed by atoms with Crippen molar-refractivity contribution in [3.8, 4) is 6.07 Å². The van der Waals surface area contributed by atoms with Crippen molar-refractivity contribution in [2.24, 2.45) is 0 Å². The third-order valence-electron chi connectivity index (χ3n) is 3.31. The predicted molar refractivity (Wildman–Crippen MR) is 88.2 cm³/mol. The number of hydrogen-bond donors (Lipinski definition) is 2. The Labute approximate surface area is 141 Å². The number of nitrogens with two attached hydrogens (primary N) is 1. The highest BCUT2D eigenvalue weighted by atomic mass is 35.5. The number of hydrogen-bond acceptors (Lipinski definition) is 6. The Morgan fingerprint density at radius 1 is 1.52 bits per heavy atom. The Bertz CT molecular complexity index is 795. The van der Waals surface area contributed by atoms with Crippen LogP contribution in [-0.2, 0) is 4.79 Å². The van der Waals surface area contributed by atoms with E-state index in [4.69, 9.17) is 22.6 Å². The summed E-state index contributed by atoms with van der Waals surface area (Å²) in [5, 5.41) is 20.4. The fourth-order valence-corrected chi connectivity index (χ4v) is 3.11. The number of carbonyl (C=O) groups is 1. The van der Waals surface area contributed by atoms with Crippen LogP contribution in [0.4, 0.5) is 11.6 Å². The summed E-state index contributed by atoms with van der Waals surface area (Å²) < 4.78 is 1.87. The number of aromatic nitrogens is 3. The first-order valence-electron chi connectivity index (χ1n) is 6.91. The largest absolute Gasteiger partial charge is 0.368 e. The number of anilines is 2. The number of rotatable bonds is 5. The van der Waals surface area contributed by atoms with E-state index >= 15 is 0 Å². The number of nitriles is 1. The van der Waals surface area contributed by atoms with Gasteiger partial charge in [-0.2, -0.15) is 5.26 Å². The monoisotopic (exact) mass is 348 g/mol. The van der Waals surface area contributed by atoms with Gasteiger partial charge in [0.2, 0.25) is 11.9 Å². The highest BCUT2D eigenvalue weighted by molar-refractivity contribution is 7.99. The van der Waals surface area contributed by atoms with Crippen LogP contribution in [0, 0.1) is 11.3 Å². The number of nitrogens with one attached hydrogen (secondary N) is 1. The predicted octanol–water partition coefficient (Wildman–Crippen LogP) is 2.45. The number of benzene rings is 1. The van der Waals surface area contributed by atoms with Gasteiger partial charge in [-0.3, -0.25) is 9.36 Å². The molecule has 1 fully saturated rings. The van der Waals surface area contributed by atoms with Crippen LogP contribution < -0.4 is 11.1 Å². The van der Waals surface area contributed by atoms with Gasteiger partial charge in [-0.25, -0.2) is 0 Å². The van der Waals surface area contributed by atoms with Crippen molar-refractivity contribution in [3.63, 3.8) is 0 Å². The van der Waals surface area contributed by atoms with E-state index in [-0.39, 0.29) is 11.7 Å². The van der Waals surface area contributed by atoms with Crippen LogP contribution in [0.1, 0.15) is 24.4 Å². The fourth-order valence-electron chi connectivity index (χ4n) is 2.07. The zero-order chi connectivity index (χ0) is 16.4. The molecule has 118 valence electrons. The molecule has 0 aliphatic heterocycles. The summed E-state index contributed by atoms with van der Waals surface area (Å²) in [7, 11) is 0. The molecular weight excluding hydrogens is 336 g/mol. The molecule has 0 radical (unpaired) electrons. The highest BCUT2D eigenvalue weighted by Crippen LogP contribution is 2.39. The maximum Gasteiger partial charge on any atom is 0.234 e. The van der Waals surface area contributed by atoms with Gasteiger partial charge in [0.15, 0.2) is 5.16 Å². The summed E-state index contributed by atoms with van der Waals surface area (Å²) >= 11 is 7.22. The molecule has 23 heavy (non-hydrogen) atoms. The lowest BCUT2D eigenvalue weighted by atomic mass is 10.2. The molecule has 1 amide bonds. The van der Waals surface area contributed by atoms with Crippen molar-refractivity contribution in [2.75, 3.05) is 16.8 Å². The first-order chi connectivity index (χ1) is 11.1. The van der Waals surface area contributed by atoms with Crippen molar-refractivity contribution in [2.45, 2.75) is 24.0 Å². The molecule has 2 aromatic rings. The maximum atomic E-state index is 12.0. The smallest absolute Gasteiger partial charge is 0.234 e. The second-order valence-corrected chi connectivity index (χ2v) is 6.43. The summed E-state index contributed by atoms with van der Waals surface area (Å²) in [5.74, 6) is 0.372. The third-order valence-corrected chi connectivity index (χ3v) is 4.56. The van der Waals surface area contributed by atoms with Crippen molar-refractivity contribution < 1.29 is 4.79 Å². The minimum absolute atomic E-state index is 0.183. The van der Waals surface area contributed by atoms with Gasteiger partial charge in [-0.15, -0.1) is 10.2 Å².